The monoisotopic (exact) mass is 408 g/mol. The second-order valence-corrected chi connectivity index (χ2v) is 5.75. The molecule has 160 valence electrons. The molecule has 0 aliphatic carbocycles. The predicted octanol–water partition coefficient (Wildman–Crippen LogP) is -5.31. The van der Waals surface area contributed by atoms with Crippen LogP contribution < -0.4 is 21.7 Å². The summed E-state index contributed by atoms with van der Waals surface area (Å²) in [6.45, 7) is -0.749. The van der Waals surface area contributed by atoms with Gasteiger partial charge in [0.1, 0.15) is 24.2 Å². The number of nitrogens with two attached hydrogens (primary N) is 1. The second-order valence-electron chi connectivity index (χ2n) is 5.75. The molecule has 0 spiro atoms. The summed E-state index contributed by atoms with van der Waals surface area (Å²) in [6.07, 6.45) is -2.20. The summed E-state index contributed by atoms with van der Waals surface area (Å²) in [7, 11) is 0. The van der Waals surface area contributed by atoms with Crippen molar-refractivity contribution in [3.05, 3.63) is 0 Å². The average molecular weight is 408 g/mol. The standard InChI is InChI=1S/C14H24N4O10/c1-5(21)10(15)13(26)16-6(2-9(22)23)11(24)17-7(3-19)12(25)18-8(4-20)14(27)28/h5-8,10,19-21H,2-4,15H2,1H3,(H,16,26)(H,17,24)(H,18,25)(H,22,23)(H,27,28). The lowest BCUT2D eigenvalue weighted by Gasteiger charge is -2.23. The van der Waals surface area contributed by atoms with E-state index in [4.69, 9.17) is 21.1 Å². The molecule has 0 bridgehead atoms. The van der Waals surface area contributed by atoms with Crippen LogP contribution in [0.1, 0.15) is 13.3 Å². The van der Waals surface area contributed by atoms with Crippen molar-refractivity contribution in [1.82, 2.24) is 16.0 Å². The van der Waals surface area contributed by atoms with Gasteiger partial charge in [-0.3, -0.25) is 19.2 Å². The maximum Gasteiger partial charge on any atom is 0.328 e. The normalized spacial score (nSPS) is 16.0. The highest BCUT2D eigenvalue weighted by Crippen LogP contribution is 1.98. The van der Waals surface area contributed by atoms with Crippen LogP contribution in [0.2, 0.25) is 0 Å². The molecule has 5 unspecified atom stereocenters. The highest BCUT2D eigenvalue weighted by Gasteiger charge is 2.31. The van der Waals surface area contributed by atoms with Crippen molar-refractivity contribution in [2.24, 2.45) is 5.73 Å². The lowest BCUT2D eigenvalue weighted by molar-refractivity contribution is -0.144. The number of carbonyl (C=O) groups excluding carboxylic acids is 3. The van der Waals surface area contributed by atoms with Gasteiger partial charge in [0.2, 0.25) is 17.7 Å². The Morgan fingerprint density at radius 1 is 0.821 bits per heavy atom. The van der Waals surface area contributed by atoms with Crippen LogP contribution in [-0.4, -0.2) is 98.7 Å². The molecule has 0 aromatic rings. The fraction of sp³-hybridized carbons (Fsp3) is 0.643. The summed E-state index contributed by atoms with van der Waals surface area (Å²) in [5.74, 6) is -6.44. The molecule has 0 saturated carbocycles. The Balaban J connectivity index is 5.19. The van der Waals surface area contributed by atoms with E-state index in [9.17, 15) is 34.2 Å². The van der Waals surface area contributed by atoms with Crippen molar-refractivity contribution >= 4 is 29.7 Å². The molecule has 5 atom stereocenters. The molecule has 14 heteroatoms. The zero-order chi connectivity index (χ0) is 22.0. The first-order chi connectivity index (χ1) is 12.9. The third-order valence-electron chi connectivity index (χ3n) is 3.45. The minimum absolute atomic E-state index is 0.905. The topological polar surface area (TPSA) is 249 Å². The largest absolute Gasteiger partial charge is 0.481 e. The molecule has 0 aromatic heterocycles. The highest BCUT2D eigenvalue weighted by molar-refractivity contribution is 5.95. The Labute approximate surface area is 158 Å². The van der Waals surface area contributed by atoms with E-state index >= 15 is 0 Å². The van der Waals surface area contributed by atoms with Gasteiger partial charge >= 0.3 is 11.9 Å². The van der Waals surface area contributed by atoms with Crippen LogP contribution in [0.3, 0.4) is 0 Å². The third kappa shape index (κ3) is 8.26. The Bertz CT molecular complexity index is 597. The van der Waals surface area contributed by atoms with Crippen LogP contribution in [-0.2, 0) is 24.0 Å². The smallest absolute Gasteiger partial charge is 0.328 e. The van der Waals surface area contributed by atoms with Gasteiger partial charge in [-0.25, -0.2) is 4.79 Å². The second kappa shape index (κ2) is 11.8. The van der Waals surface area contributed by atoms with Gasteiger partial charge in [0, 0.05) is 0 Å². The molecule has 28 heavy (non-hydrogen) atoms. The Morgan fingerprint density at radius 3 is 1.64 bits per heavy atom. The average Bonchev–Trinajstić information content (AvgIpc) is 2.61. The number of aliphatic carboxylic acids is 2. The van der Waals surface area contributed by atoms with Gasteiger partial charge in [-0.2, -0.15) is 0 Å². The SMILES string of the molecule is CC(O)C(N)C(=O)NC(CC(=O)O)C(=O)NC(CO)C(=O)NC(CO)C(=O)O. The molecular weight excluding hydrogens is 384 g/mol. The van der Waals surface area contributed by atoms with Gasteiger partial charge in [0.25, 0.3) is 0 Å². The molecule has 10 N–H and O–H groups in total. The van der Waals surface area contributed by atoms with Gasteiger partial charge in [-0.05, 0) is 6.92 Å². The molecule has 0 aliphatic rings. The van der Waals surface area contributed by atoms with Crippen molar-refractivity contribution < 1.29 is 49.5 Å². The first-order valence-corrected chi connectivity index (χ1v) is 7.95. The third-order valence-corrected chi connectivity index (χ3v) is 3.45. The molecular formula is C14H24N4O10. The summed E-state index contributed by atoms with van der Waals surface area (Å²) >= 11 is 0. The van der Waals surface area contributed by atoms with Gasteiger partial charge in [-0.15, -0.1) is 0 Å². The van der Waals surface area contributed by atoms with Crippen LogP contribution in [0.5, 0.6) is 0 Å². The number of aliphatic hydroxyl groups excluding tert-OH is 3. The molecule has 0 saturated heterocycles. The first-order valence-electron chi connectivity index (χ1n) is 7.95. The quantitative estimate of drug-likeness (QED) is 0.147. The van der Waals surface area contributed by atoms with E-state index in [-0.39, 0.29) is 0 Å². The number of aliphatic hydroxyl groups is 3. The number of hydrogen-bond acceptors (Lipinski definition) is 9. The van der Waals surface area contributed by atoms with Gasteiger partial charge in [0.15, 0.2) is 0 Å². The highest BCUT2D eigenvalue weighted by atomic mass is 16.4. The lowest BCUT2D eigenvalue weighted by atomic mass is 10.1. The molecule has 14 nitrogen and oxygen atoms in total. The van der Waals surface area contributed by atoms with E-state index < -0.39 is 79.6 Å². The van der Waals surface area contributed by atoms with Crippen molar-refractivity contribution in [3.8, 4) is 0 Å². The fourth-order valence-electron chi connectivity index (χ4n) is 1.80. The number of carbonyl (C=O) groups is 5. The van der Waals surface area contributed by atoms with E-state index in [1.165, 1.54) is 6.92 Å². The number of amides is 3. The Kier molecular flexibility index (Phi) is 10.6. The van der Waals surface area contributed by atoms with Crippen LogP contribution in [0.15, 0.2) is 0 Å². The molecule has 0 fully saturated rings. The predicted molar refractivity (Wildman–Crippen MR) is 89.5 cm³/mol. The Hall–Kier alpha value is -2.81. The zero-order valence-corrected chi connectivity index (χ0v) is 14.9. The lowest BCUT2D eigenvalue weighted by Crippen LogP contribution is -2.59. The van der Waals surface area contributed by atoms with Crippen LogP contribution in [0.25, 0.3) is 0 Å². The van der Waals surface area contributed by atoms with Crippen molar-refractivity contribution in [2.45, 2.75) is 43.6 Å². The van der Waals surface area contributed by atoms with Gasteiger partial charge in [0.05, 0.1) is 25.7 Å². The van der Waals surface area contributed by atoms with Crippen LogP contribution >= 0.6 is 0 Å². The number of nitrogens with one attached hydrogen (secondary N) is 3. The van der Waals surface area contributed by atoms with Crippen LogP contribution in [0.4, 0.5) is 0 Å². The van der Waals surface area contributed by atoms with Crippen molar-refractivity contribution in [1.29, 1.82) is 0 Å². The Morgan fingerprint density at radius 2 is 1.25 bits per heavy atom. The van der Waals surface area contributed by atoms with E-state index in [2.05, 4.69) is 0 Å². The zero-order valence-electron chi connectivity index (χ0n) is 14.9. The molecule has 0 rings (SSSR count). The number of carboxylic acids is 2. The number of rotatable bonds is 12. The van der Waals surface area contributed by atoms with E-state index in [1.807, 2.05) is 16.0 Å². The van der Waals surface area contributed by atoms with Crippen LogP contribution in [0, 0.1) is 0 Å². The minimum atomic E-state index is -1.70. The molecule has 0 heterocycles. The summed E-state index contributed by atoms with van der Waals surface area (Å²) in [4.78, 5) is 57.7. The maximum absolute atomic E-state index is 12.2. The number of carboxylic acid groups (broad SMARTS) is 2. The molecule has 3 amide bonds. The fourth-order valence-corrected chi connectivity index (χ4v) is 1.80. The molecule has 0 aliphatic heterocycles. The van der Waals surface area contributed by atoms with E-state index in [0.29, 0.717) is 0 Å². The van der Waals surface area contributed by atoms with E-state index in [0.717, 1.165) is 0 Å². The summed E-state index contributed by atoms with van der Waals surface area (Å²) < 4.78 is 0. The molecule has 0 radical (unpaired) electrons. The maximum atomic E-state index is 12.2. The van der Waals surface area contributed by atoms with Crippen molar-refractivity contribution in [2.75, 3.05) is 13.2 Å². The van der Waals surface area contributed by atoms with Gasteiger partial charge < -0.3 is 47.2 Å². The molecule has 0 aromatic carbocycles. The van der Waals surface area contributed by atoms with Gasteiger partial charge in [-0.1, -0.05) is 0 Å². The first kappa shape index (κ1) is 25.2. The van der Waals surface area contributed by atoms with E-state index in [1.54, 1.807) is 0 Å². The minimum Gasteiger partial charge on any atom is -0.481 e. The van der Waals surface area contributed by atoms with Crippen molar-refractivity contribution in [3.63, 3.8) is 0 Å². The summed E-state index contributed by atoms with van der Waals surface area (Å²) in [5.41, 5.74) is 5.39. The number of hydrogen-bond donors (Lipinski definition) is 9. The summed E-state index contributed by atoms with van der Waals surface area (Å²) in [6, 6.07) is -6.55. The summed E-state index contributed by atoms with van der Waals surface area (Å²) in [5, 5.41) is 50.8.